The Morgan fingerprint density at radius 1 is 0.938 bits per heavy atom. The number of methoxy groups -OCH3 is 1. The Bertz CT molecular complexity index is 2260. The summed E-state index contributed by atoms with van der Waals surface area (Å²) in [6.07, 6.45) is 6.79. The molecule has 0 amide bonds. The van der Waals surface area contributed by atoms with E-state index in [0.717, 1.165) is 43.1 Å². The van der Waals surface area contributed by atoms with Crippen molar-refractivity contribution >= 4 is 11.0 Å². The summed E-state index contributed by atoms with van der Waals surface area (Å²) in [4.78, 5) is 36.9. The second-order valence-electron chi connectivity index (χ2n) is 12.4. The third kappa shape index (κ3) is 5.20. The minimum Gasteiger partial charge on any atom is -0.480 e. The molecule has 8 rings (SSSR count). The topological polar surface area (TPSA) is 118 Å². The molecule has 2 fully saturated rings. The molecule has 1 aromatic carbocycles. The monoisotopic (exact) mass is 653 g/mol. The van der Waals surface area contributed by atoms with Crippen molar-refractivity contribution in [2.24, 2.45) is 7.05 Å². The zero-order chi connectivity index (χ0) is 33.3. The normalized spacial score (nSPS) is 15.0. The highest BCUT2D eigenvalue weighted by Crippen LogP contribution is 2.45. The summed E-state index contributed by atoms with van der Waals surface area (Å²) in [5.41, 5.74) is 3.84. The van der Waals surface area contributed by atoms with Gasteiger partial charge >= 0.3 is 6.18 Å². The maximum absolute atomic E-state index is 14.4. The average Bonchev–Trinajstić information content (AvgIpc) is 4.02. The molecular formula is C34H30F3N9O2. The lowest BCUT2D eigenvalue weighted by atomic mass is 10.0. The number of aryl methyl sites for hydroxylation is 2. The fourth-order valence-corrected chi connectivity index (χ4v) is 6.26. The van der Waals surface area contributed by atoms with Crippen LogP contribution in [0.1, 0.15) is 60.2 Å². The number of hydrogen-bond acceptors (Lipinski definition) is 8. The standard InChI is InChI=1S/C34H30F3N9O2/c1-18-24-13-38-29(27-28(20-8-9-20)39-17-40-32(27)48-3)43-31(24)46(33(47)26(18)22-12-41-44(2)15-22)14-19-4-6-21(7-5-19)30-42-25(34(35,36)37)16-45(30)23-10-11-23/h4-7,12-13,15-17,20,23H,8-11,14H2,1-3H3. The summed E-state index contributed by atoms with van der Waals surface area (Å²) in [5, 5.41) is 4.97. The van der Waals surface area contributed by atoms with Gasteiger partial charge < -0.3 is 9.30 Å². The summed E-state index contributed by atoms with van der Waals surface area (Å²) in [6, 6.07) is 7.10. The van der Waals surface area contributed by atoms with Crippen molar-refractivity contribution in [3.63, 3.8) is 0 Å². The number of rotatable bonds is 8. The van der Waals surface area contributed by atoms with Gasteiger partial charge in [0, 0.05) is 54.1 Å². The van der Waals surface area contributed by atoms with Crippen LogP contribution in [0.3, 0.4) is 0 Å². The summed E-state index contributed by atoms with van der Waals surface area (Å²) in [5.74, 6) is 1.24. The van der Waals surface area contributed by atoms with Crippen LogP contribution in [0, 0.1) is 6.92 Å². The van der Waals surface area contributed by atoms with Crippen LogP contribution in [-0.4, -0.2) is 50.9 Å². The smallest absolute Gasteiger partial charge is 0.434 e. The highest BCUT2D eigenvalue weighted by atomic mass is 19.4. The quantitative estimate of drug-likeness (QED) is 0.193. The minimum absolute atomic E-state index is 0.00891. The number of benzene rings is 1. The van der Waals surface area contributed by atoms with Crippen LogP contribution in [0.2, 0.25) is 0 Å². The van der Waals surface area contributed by atoms with Crippen LogP contribution in [0.15, 0.2) is 60.2 Å². The van der Waals surface area contributed by atoms with Gasteiger partial charge in [-0.2, -0.15) is 18.3 Å². The van der Waals surface area contributed by atoms with Gasteiger partial charge in [0.15, 0.2) is 11.5 Å². The van der Waals surface area contributed by atoms with Gasteiger partial charge in [0.1, 0.15) is 23.4 Å². The first-order valence-electron chi connectivity index (χ1n) is 15.6. The Labute approximate surface area is 272 Å². The average molecular weight is 654 g/mol. The number of aromatic nitrogens is 9. The van der Waals surface area contributed by atoms with E-state index in [2.05, 4.69) is 20.1 Å². The lowest BCUT2D eigenvalue weighted by molar-refractivity contribution is -0.140. The number of imidazole rings is 1. The maximum Gasteiger partial charge on any atom is 0.434 e. The molecule has 0 atom stereocenters. The van der Waals surface area contributed by atoms with Gasteiger partial charge in [0.05, 0.1) is 31.1 Å². The lowest BCUT2D eigenvalue weighted by Crippen LogP contribution is -2.25. The maximum atomic E-state index is 14.4. The molecule has 6 aromatic rings. The summed E-state index contributed by atoms with van der Waals surface area (Å²) >= 11 is 0. The van der Waals surface area contributed by atoms with Gasteiger partial charge in [-0.1, -0.05) is 24.3 Å². The molecule has 5 aromatic heterocycles. The molecule has 0 bridgehead atoms. The summed E-state index contributed by atoms with van der Waals surface area (Å²) in [6.45, 7) is 2.01. The Morgan fingerprint density at radius 2 is 1.71 bits per heavy atom. The predicted octanol–water partition coefficient (Wildman–Crippen LogP) is 6.11. The number of hydrogen-bond donors (Lipinski definition) is 0. The molecule has 2 aliphatic rings. The summed E-state index contributed by atoms with van der Waals surface area (Å²) in [7, 11) is 3.32. The molecule has 14 heteroatoms. The number of halogens is 3. The Balaban J connectivity index is 1.26. The van der Waals surface area contributed by atoms with Crippen LogP contribution in [-0.2, 0) is 19.8 Å². The van der Waals surface area contributed by atoms with Gasteiger partial charge in [-0.15, -0.1) is 0 Å². The van der Waals surface area contributed by atoms with E-state index in [1.54, 1.807) is 63.7 Å². The van der Waals surface area contributed by atoms with E-state index in [9.17, 15) is 18.0 Å². The van der Waals surface area contributed by atoms with Gasteiger partial charge in [0.25, 0.3) is 5.56 Å². The highest BCUT2D eigenvalue weighted by molar-refractivity contribution is 5.87. The molecule has 0 radical (unpaired) electrons. The predicted molar refractivity (Wildman–Crippen MR) is 170 cm³/mol. The molecule has 244 valence electrons. The fraction of sp³-hybridized carbons (Fsp3) is 0.324. The zero-order valence-corrected chi connectivity index (χ0v) is 26.4. The van der Waals surface area contributed by atoms with Gasteiger partial charge in [-0.3, -0.25) is 14.0 Å². The number of ether oxygens (including phenoxy) is 1. The van der Waals surface area contributed by atoms with Gasteiger partial charge in [-0.05, 0) is 43.7 Å². The third-order valence-electron chi connectivity index (χ3n) is 8.99. The highest BCUT2D eigenvalue weighted by Gasteiger charge is 2.37. The molecule has 5 heterocycles. The minimum atomic E-state index is -4.54. The Hall–Kier alpha value is -5.40. The molecule has 2 aliphatic carbocycles. The number of alkyl halides is 3. The van der Waals surface area contributed by atoms with Gasteiger partial charge in [-0.25, -0.2) is 24.9 Å². The van der Waals surface area contributed by atoms with Gasteiger partial charge in [0.2, 0.25) is 5.88 Å². The van der Waals surface area contributed by atoms with Crippen molar-refractivity contribution in [2.45, 2.75) is 57.3 Å². The molecular weight excluding hydrogens is 623 g/mol. The lowest BCUT2D eigenvalue weighted by Gasteiger charge is -2.17. The van der Waals surface area contributed by atoms with E-state index >= 15 is 0 Å². The van der Waals surface area contributed by atoms with Crippen LogP contribution in [0.25, 0.3) is 44.9 Å². The van der Waals surface area contributed by atoms with Crippen LogP contribution in [0.5, 0.6) is 5.88 Å². The number of fused-ring (bicyclic) bond motifs is 1. The molecule has 0 spiro atoms. The first-order valence-corrected chi connectivity index (χ1v) is 15.6. The molecule has 2 saturated carbocycles. The van der Waals surface area contributed by atoms with Crippen molar-refractivity contribution in [1.82, 2.24) is 43.8 Å². The third-order valence-corrected chi connectivity index (χ3v) is 8.99. The van der Waals surface area contributed by atoms with Crippen molar-refractivity contribution in [1.29, 1.82) is 0 Å². The second kappa shape index (κ2) is 11.1. The Morgan fingerprint density at radius 3 is 2.35 bits per heavy atom. The van der Waals surface area contributed by atoms with Crippen molar-refractivity contribution in [3.8, 4) is 39.8 Å². The number of pyridine rings is 1. The SMILES string of the molecule is COc1ncnc(C2CC2)c1-c1ncc2c(C)c(-c3cnn(C)c3)c(=O)n(Cc3ccc(-c4nc(C(F)(F)F)cn4C4CC4)cc3)c2n1. The molecule has 0 N–H and O–H groups in total. The largest absolute Gasteiger partial charge is 0.480 e. The first kappa shape index (κ1) is 30.0. The van der Waals surface area contributed by atoms with E-state index in [-0.39, 0.29) is 29.9 Å². The zero-order valence-electron chi connectivity index (χ0n) is 26.4. The van der Waals surface area contributed by atoms with Crippen molar-refractivity contribution in [2.75, 3.05) is 7.11 Å². The van der Waals surface area contributed by atoms with Crippen molar-refractivity contribution in [3.05, 3.63) is 88.2 Å². The first-order chi connectivity index (χ1) is 23.1. The molecule has 48 heavy (non-hydrogen) atoms. The van der Waals surface area contributed by atoms with Crippen LogP contribution >= 0.6 is 0 Å². The van der Waals surface area contributed by atoms with Crippen LogP contribution in [0.4, 0.5) is 13.2 Å². The molecule has 0 aliphatic heterocycles. The fourth-order valence-electron chi connectivity index (χ4n) is 6.26. The van der Waals surface area contributed by atoms with Crippen molar-refractivity contribution < 1.29 is 17.9 Å². The summed E-state index contributed by atoms with van der Waals surface area (Å²) < 4.78 is 51.1. The van der Waals surface area contributed by atoms with E-state index in [4.69, 9.17) is 14.7 Å². The molecule has 11 nitrogen and oxygen atoms in total. The second-order valence-corrected chi connectivity index (χ2v) is 12.4. The van der Waals surface area contributed by atoms with E-state index < -0.39 is 11.9 Å². The Kier molecular flexibility index (Phi) is 6.93. The van der Waals surface area contributed by atoms with Crippen LogP contribution < -0.4 is 10.3 Å². The van der Waals surface area contributed by atoms with E-state index in [1.807, 2.05) is 6.92 Å². The number of nitrogens with zero attached hydrogens (tertiary/aromatic N) is 9. The molecule has 0 unspecified atom stereocenters. The van der Waals surface area contributed by atoms with E-state index in [1.165, 1.54) is 13.4 Å². The molecule has 0 saturated heterocycles. The van der Waals surface area contributed by atoms with E-state index in [0.29, 0.717) is 50.6 Å².